The van der Waals surface area contributed by atoms with Gasteiger partial charge in [0.1, 0.15) is 11.5 Å². The lowest BCUT2D eigenvalue weighted by Gasteiger charge is -2.12. The summed E-state index contributed by atoms with van der Waals surface area (Å²) in [7, 11) is 2.99. The fraction of sp³-hybridized carbons (Fsp3) is 0.250. The van der Waals surface area contributed by atoms with E-state index in [1.165, 1.54) is 31.0 Å². The Bertz CT molecular complexity index is 1430. The number of nitrogens with one attached hydrogen (secondary N) is 1. The molecular weight excluding hydrogens is 513 g/mol. The van der Waals surface area contributed by atoms with Gasteiger partial charge >= 0.3 is 12.2 Å². The molecule has 0 aliphatic rings. The molecule has 4 rings (SSSR count). The average Bonchev–Trinajstić information content (AvgIpc) is 3.36. The Kier molecular flexibility index (Phi) is 8.08. The van der Waals surface area contributed by atoms with Crippen molar-refractivity contribution in [3.8, 4) is 34.6 Å². The Morgan fingerprint density at radius 3 is 2.26 bits per heavy atom. The molecule has 1 N–H and O–H groups in total. The summed E-state index contributed by atoms with van der Waals surface area (Å²) in [4.78, 5) is 17.3. The van der Waals surface area contributed by atoms with Crippen molar-refractivity contribution in [2.24, 2.45) is 5.92 Å². The van der Waals surface area contributed by atoms with Crippen molar-refractivity contribution in [2.45, 2.75) is 20.0 Å². The van der Waals surface area contributed by atoms with Gasteiger partial charge in [-0.05, 0) is 54.4 Å². The number of rotatable bonds is 9. The van der Waals surface area contributed by atoms with Crippen LogP contribution in [-0.4, -0.2) is 41.5 Å². The molecule has 0 radical (unpaired) electrons. The number of benzene rings is 3. The number of methoxy groups -OCH3 is 2. The molecule has 1 aromatic heterocycles. The molecule has 4 aromatic rings. The molecule has 8 nitrogen and oxygen atoms in total. The summed E-state index contributed by atoms with van der Waals surface area (Å²) < 4.78 is 56.8. The normalized spacial score (nSPS) is 11.4. The maximum Gasteiger partial charge on any atom is 0.416 e. The van der Waals surface area contributed by atoms with Gasteiger partial charge in [0.15, 0.2) is 5.82 Å². The molecule has 0 aliphatic carbocycles. The zero-order chi connectivity index (χ0) is 28.2. The summed E-state index contributed by atoms with van der Waals surface area (Å²) in [5.74, 6) is 1.07. The maximum atomic E-state index is 13.1. The van der Waals surface area contributed by atoms with Crippen LogP contribution in [0, 0.1) is 5.92 Å². The van der Waals surface area contributed by atoms with Gasteiger partial charge in [0.05, 0.1) is 37.6 Å². The van der Waals surface area contributed by atoms with E-state index in [9.17, 15) is 18.0 Å². The number of alkyl halides is 3. The molecule has 3 aromatic carbocycles. The number of hydrogen-bond donors (Lipinski definition) is 1. The van der Waals surface area contributed by atoms with Gasteiger partial charge in [-0.2, -0.15) is 18.2 Å². The molecular formula is C28H27F3N4O4. The van der Waals surface area contributed by atoms with Crippen LogP contribution >= 0.6 is 0 Å². The van der Waals surface area contributed by atoms with Gasteiger partial charge in [-0.15, -0.1) is 5.10 Å². The van der Waals surface area contributed by atoms with Crippen LogP contribution in [0.5, 0.6) is 17.5 Å². The summed E-state index contributed by atoms with van der Waals surface area (Å²) in [5.41, 5.74) is 1.07. The highest BCUT2D eigenvalue weighted by atomic mass is 19.4. The van der Waals surface area contributed by atoms with E-state index in [2.05, 4.69) is 15.4 Å². The maximum absolute atomic E-state index is 13.1. The second kappa shape index (κ2) is 11.5. The highest BCUT2D eigenvalue weighted by molar-refractivity contribution is 6.06. The molecule has 0 fully saturated rings. The number of halogens is 3. The second-order valence-corrected chi connectivity index (χ2v) is 8.98. The SMILES string of the molecule is COc1ccc(C(=O)Nc2ccc(-n3nc(OCC(C)C)nc3-c3ccc(C(F)(F)F)cc3)cc2)c(OC)c1. The molecule has 204 valence electrons. The Morgan fingerprint density at radius 2 is 1.67 bits per heavy atom. The molecule has 39 heavy (non-hydrogen) atoms. The van der Waals surface area contributed by atoms with Crippen molar-refractivity contribution in [1.82, 2.24) is 14.8 Å². The zero-order valence-corrected chi connectivity index (χ0v) is 21.7. The fourth-order valence-electron chi connectivity index (χ4n) is 3.64. The summed E-state index contributed by atoms with van der Waals surface area (Å²) in [6.45, 7) is 4.32. The van der Waals surface area contributed by atoms with Crippen LogP contribution in [0.15, 0.2) is 66.7 Å². The van der Waals surface area contributed by atoms with Gasteiger partial charge in [-0.3, -0.25) is 4.79 Å². The van der Waals surface area contributed by atoms with Crippen molar-refractivity contribution in [1.29, 1.82) is 0 Å². The number of anilines is 1. The van der Waals surface area contributed by atoms with E-state index in [-0.39, 0.29) is 17.8 Å². The number of hydrogen-bond acceptors (Lipinski definition) is 6. The fourth-order valence-corrected chi connectivity index (χ4v) is 3.64. The van der Waals surface area contributed by atoms with Crippen molar-refractivity contribution in [3.05, 3.63) is 77.9 Å². The van der Waals surface area contributed by atoms with Gasteiger partial charge in [-0.25, -0.2) is 4.68 Å². The van der Waals surface area contributed by atoms with E-state index in [1.54, 1.807) is 42.5 Å². The van der Waals surface area contributed by atoms with E-state index in [0.717, 1.165) is 12.1 Å². The second-order valence-electron chi connectivity index (χ2n) is 8.98. The number of ether oxygens (including phenoxy) is 3. The van der Waals surface area contributed by atoms with Crippen molar-refractivity contribution in [2.75, 3.05) is 26.1 Å². The van der Waals surface area contributed by atoms with Gasteiger partial charge in [0.2, 0.25) is 0 Å². The summed E-state index contributed by atoms with van der Waals surface area (Å²) >= 11 is 0. The Labute approximate surface area is 223 Å². The van der Waals surface area contributed by atoms with Crippen molar-refractivity contribution >= 4 is 11.6 Å². The van der Waals surface area contributed by atoms with Crippen molar-refractivity contribution in [3.63, 3.8) is 0 Å². The first-order chi connectivity index (χ1) is 18.6. The monoisotopic (exact) mass is 540 g/mol. The molecule has 1 amide bonds. The standard InChI is InChI=1S/C28H27F3N4O4/c1-17(2)16-39-27-33-25(18-5-7-19(8-6-18)28(29,30)31)35(34-27)21-11-9-20(10-12-21)32-26(36)23-14-13-22(37-3)15-24(23)38-4/h5-15,17H,16H2,1-4H3,(H,32,36). The Balaban J connectivity index is 1.61. The number of carbonyl (C=O) groups excluding carboxylic acids is 1. The van der Waals surface area contributed by atoms with Crippen LogP contribution in [0.3, 0.4) is 0 Å². The third-order valence-corrected chi connectivity index (χ3v) is 5.63. The largest absolute Gasteiger partial charge is 0.497 e. The molecule has 0 saturated carbocycles. The van der Waals surface area contributed by atoms with Crippen LogP contribution < -0.4 is 19.5 Å². The van der Waals surface area contributed by atoms with Crippen molar-refractivity contribution < 1.29 is 32.2 Å². The van der Waals surface area contributed by atoms with Crippen LogP contribution in [-0.2, 0) is 6.18 Å². The van der Waals surface area contributed by atoms with Gasteiger partial charge < -0.3 is 19.5 Å². The number of carbonyl (C=O) groups is 1. The first-order valence-corrected chi connectivity index (χ1v) is 12.0. The predicted octanol–water partition coefficient (Wildman–Crippen LogP) is 6.26. The predicted molar refractivity (Wildman–Crippen MR) is 140 cm³/mol. The van der Waals surface area contributed by atoms with Gasteiger partial charge in [0, 0.05) is 17.3 Å². The minimum Gasteiger partial charge on any atom is -0.497 e. The number of aromatic nitrogens is 3. The average molecular weight is 541 g/mol. The highest BCUT2D eigenvalue weighted by Crippen LogP contribution is 2.32. The quantitative estimate of drug-likeness (QED) is 0.270. The number of nitrogens with zero attached hydrogens (tertiary/aromatic N) is 3. The minimum atomic E-state index is -4.45. The van der Waals surface area contributed by atoms with E-state index in [1.807, 2.05) is 13.8 Å². The third-order valence-electron chi connectivity index (χ3n) is 5.63. The first-order valence-electron chi connectivity index (χ1n) is 12.0. The summed E-state index contributed by atoms with van der Waals surface area (Å²) in [6, 6.07) is 16.4. The number of amides is 1. The highest BCUT2D eigenvalue weighted by Gasteiger charge is 2.30. The van der Waals surface area contributed by atoms with Crippen LogP contribution in [0.2, 0.25) is 0 Å². The Hall–Kier alpha value is -4.54. The lowest BCUT2D eigenvalue weighted by Crippen LogP contribution is -2.13. The first kappa shape index (κ1) is 27.5. The molecule has 0 aliphatic heterocycles. The van der Waals surface area contributed by atoms with E-state index in [0.29, 0.717) is 46.4 Å². The molecule has 0 bridgehead atoms. The van der Waals surface area contributed by atoms with E-state index >= 15 is 0 Å². The lowest BCUT2D eigenvalue weighted by molar-refractivity contribution is -0.137. The lowest BCUT2D eigenvalue weighted by atomic mass is 10.1. The molecule has 11 heteroatoms. The molecule has 0 spiro atoms. The van der Waals surface area contributed by atoms with Crippen LogP contribution in [0.4, 0.5) is 18.9 Å². The topological polar surface area (TPSA) is 87.5 Å². The smallest absolute Gasteiger partial charge is 0.416 e. The van der Waals surface area contributed by atoms with E-state index in [4.69, 9.17) is 14.2 Å². The molecule has 0 saturated heterocycles. The minimum absolute atomic E-state index is 0.0996. The Morgan fingerprint density at radius 1 is 0.974 bits per heavy atom. The van der Waals surface area contributed by atoms with Gasteiger partial charge in [-0.1, -0.05) is 26.0 Å². The third kappa shape index (κ3) is 6.49. The molecule has 1 heterocycles. The molecule has 0 atom stereocenters. The van der Waals surface area contributed by atoms with E-state index < -0.39 is 11.7 Å². The molecule has 0 unspecified atom stereocenters. The van der Waals surface area contributed by atoms with Gasteiger partial charge in [0.25, 0.3) is 5.91 Å². The van der Waals surface area contributed by atoms with Crippen LogP contribution in [0.1, 0.15) is 29.8 Å². The van der Waals surface area contributed by atoms with Crippen LogP contribution in [0.25, 0.3) is 17.1 Å². The summed E-state index contributed by atoms with van der Waals surface area (Å²) in [6.07, 6.45) is -4.45. The zero-order valence-electron chi connectivity index (χ0n) is 21.7. The summed E-state index contributed by atoms with van der Waals surface area (Å²) in [5, 5.41) is 7.24.